The van der Waals surface area contributed by atoms with E-state index in [1.165, 1.54) is 0 Å². The minimum Gasteiger partial charge on any atom is -0.497 e. The van der Waals surface area contributed by atoms with Crippen molar-refractivity contribution in [2.45, 2.75) is 26.3 Å². The summed E-state index contributed by atoms with van der Waals surface area (Å²) in [5.74, 6) is 0.501. The normalized spacial score (nSPS) is 10.9. The molecule has 2 aromatic rings. The van der Waals surface area contributed by atoms with E-state index < -0.39 is 0 Å². The number of ether oxygens (including phenoxy) is 1. The van der Waals surface area contributed by atoms with Crippen molar-refractivity contribution in [1.29, 1.82) is 0 Å². The molecule has 0 aliphatic rings. The predicted octanol–water partition coefficient (Wildman–Crippen LogP) is 3.55. The van der Waals surface area contributed by atoms with Gasteiger partial charge in [0.1, 0.15) is 11.4 Å². The summed E-state index contributed by atoms with van der Waals surface area (Å²) in [6, 6.07) is 10.7. The number of hydrogen-bond donors (Lipinski definition) is 2. The Morgan fingerprint density at radius 1 is 1.05 bits per heavy atom. The molecule has 0 atom stereocenters. The fourth-order valence-electron chi connectivity index (χ4n) is 1.90. The lowest BCUT2D eigenvalue weighted by atomic mass is 10.1. The first-order valence-corrected chi connectivity index (χ1v) is 7.07. The standard InChI is InChI=1S/C17H21N3O2/c1-17(2,3)20-13-7-10-15(18-11-13)16(21)19-12-5-8-14(22-4)9-6-12/h5-11,20H,1-4H3,(H,19,21). The molecule has 0 saturated carbocycles. The van der Waals surface area contributed by atoms with Crippen LogP contribution in [-0.4, -0.2) is 23.5 Å². The molecule has 2 N–H and O–H groups in total. The number of amides is 1. The Balaban J connectivity index is 2.03. The van der Waals surface area contributed by atoms with Crippen LogP contribution in [0.4, 0.5) is 11.4 Å². The van der Waals surface area contributed by atoms with Gasteiger partial charge in [-0.05, 0) is 57.2 Å². The van der Waals surface area contributed by atoms with Gasteiger partial charge in [0.05, 0.1) is 19.0 Å². The van der Waals surface area contributed by atoms with Gasteiger partial charge in [-0.2, -0.15) is 0 Å². The highest BCUT2D eigenvalue weighted by molar-refractivity contribution is 6.02. The van der Waals surface area contributed by atoms with Crippen molar-refractivity contribution in [2.75, 3.05) is 17.7 Å². The number of carbonyl (C=O) groups is 1. The topological polar surface area (TPSA) is 63.2 Å². The third kappa shape index (κ3) is 4.48. The molecule has 0 fully saturated rings. The van der Waals surface area contributed by atoms with Gasteiger partial charge in [0.15, 0.2) is 0 Å². The van der Waals surface area contributed by atoms with Gasteiger partial charge in [-0.15, -0.1) is 0 Å². The summed E-state index contributed by atoms with van der Waals surface area (Å²) in [5, 5.41) is 6.10. The van der Waals surface area contributed by atoms with Crippen LogP contribution in [0, 0.1) is 0 Å². The average molecular weight is 299 g/mol. The minimum atomic E-state index is -0.243. The Labute approximate surface area is 130 Å². The Morgan fingerprint density at radius 3 is 2.18 bits per heavy atom. The van der Waals surface area contributed by atoms with Gasteiger partial charge >= 0.3 is 0 Å². The first kappa shape index (κ1) is 15.8. The van der Waals surface area contributed by atoms with Gasteiger partial charge in [-0.3, -0.25) is 4.79 Å². The van der Waals surface area contributed by atoms with Crippen molar-refractivity contribution in [1.82, 2.24) is 4.98 Å². The largest absolute Gasteiger partial charge is 0.497 e. The first-order chi connectivity index (χ1) is 10.4. The highest BCUT2D eigenvalue weighted by Crippen LogP contribution is 2.17. The van der Waals surface area contributed by atoms with E-state index >= 15 is 0 Å². The quantitative estimate of drug-likeness (QED) is 0.906. The highest BCUT2D eigenvalue weighted by Gasteiger charge is 2.11. The van der Waals surface area contributed by atoms with Crippen molar-refractivity contribution in [2.24, 2.45) is 0 Å². The van der Waals surface area contributed by atoms with Crippen LogP contribution >= 0.6 is 0 Å². The Bertz CT molecular complexity index is 628. The molecule has 0 bridgehead atoms. The second-order valence-corrected chi connectivity index (χ2v) is 5.99. The third-order valence-electron chi connectivity index (χ3n) is 2.86. The summed E-state index contributed by atoms with van der Waals surface area (Å²) in [7, 11) is 1.60. The number of pyridine rings is 1. The molecule has 0 spiro atoms. The third-order valence-corrected chi connectivity index (χ3v) is 2.86. The fraction of sp³-hybridized carbons (Fsp3) is 0.294. The lowest BCUT2D eigenvalue weighted by molar-refractivity contribution is 0.102. The highest BCUT2D eigenvalue weighted by atomic mass is 16.5. The number of rotatable bonds is 4. The van der Waals surface area contributed by atoms with Crippen LogP contribution < -0.4 is 15.4 Å². The maximum Gasteiger partial charge on any atom is 0.274 e. The molecule has 1 aromatic heterocycles. The lowest BCUT2D eigenvalue weighted by Crippen LogP contribution is -2.26. The van der Waals surface area contributed by atoms with Crippen LogP contribution in [0.15, 0.2) is 42.6 Å². The van der Waals surface area contributed by atoms with Crippen LogP contribution in [0.2, 0.25) is 0 Å². The summed E-state index contributed by atoms with van der Waals surface area (Å²) < 4.78 is 5.08. The van der Waals surface area contributed by atoms with Crippen molar-refractivity contribution >= 4 is 17.3 Å². The zero-order valence-corrected chi connectivity index (χ0v) is 13.3. The van der Waals surface area contributed by atoms with Gasteiger partial charge in [0, 0.05) is 11.2 Å². The number of nitrogens with one attached hydrogen (secondary N) is 2. The number of benzene rings is 1. The molecular formula is C17H21N3O2. The number of hydrogen-bond acceptors (Lipinski definition) is 4. The molecule has 0 aliphatic heterocycles. The Morgan fingerprint density at radius 2 is 1.68 bits per heavy atom. The van der Waals surface area contributed by atoms with Crippen LogP contribution in [-0.2, 0) is 0 Å². The molecule has 22 heavy (non-hydrogen) atoms. The summed E-state index contributed by atoms with van der Waals surface area (Å²) in [4.78, 5) is 16.3. The van der Waals surface area contributed by atoms with Gasteiger partial charge in [-0.25, -0.2) is 4.98 Å². The molecule has 116 valence electrons. The van der Waals surface area contributed by atoms with E-state index in [1.807, 2.05) is 6.07 Å². The van der Waals surface area contributed by atoms with Crippen LogP contribution in [0.5, 0.6) is 5.75 Å². The van der Waals surface area contributed by atoms with E-state index in [1.54, 1.807) is 43.6 Å². The molecule has 0 radical (unpaired) electrons. The molecule has 1 aromatic carbocycles. The fourth-order valence-corrected chi connectivity index (χ4v) is 1.90. The minimum absolute atomic E-state index is 0.0471. The average Bonchev–Trinajstić information content (AvgIpc) is 2.47. The smallest absolute Gasteiger partial charge is 0.274 e. The van der Waals surface area contributed by atoms with Crippen molar-refractivity contribution in [3.05, 3.63) is 48.3 Å². The number of anilines is 2. The second-order valence-electron chi connectivity index (χ2n) is 5.99. The molecule has 1 heterocycles. The molecule has 2 rings (SSSR count). The van der Waals surface area contributed by atoms with Crippen molar-refractivity contribution in [3.63, 3.8) is 0 Å². The second kappa shape index (κ2) is 6.47. The monoisotopic (exact) mass is 299 g/mol. The molecule has 5 nitrogen and oxygen atoms in total. The van der Waals surface area contributed by atoms with E-state index in [-0.39, 0.29) is 11.4 Å². The lowest BCUT2D eigenvalue weighted by Gasteiger charge is -2.21. The maximum absolute atomic E-state index is 12.1. The predicted molar refractivity (Wildman–Crippen MR) is 88.6 cm³/mol. The SMILES string of the molecule is COc1ccc(NC(=O)c2ccc(NC(C)(C)C)cn2)cc1. The summed E-state index contributed by atoms with van der Waals surface area (Å²) in [5.41, 5.74) is 1.91. The van der Waals surface area contributed by atoms with Crippen molar-refractivity contribution in [3.8, 4) is 5.75 Å². The summed E-state index contributed by atoms with van der Waals surface area (Å²) in [6.07, 6.45) is 1.66. The molecule has 1 amide bonds. The zero-order chi connectivity index (χ0) is 16.2. The number of methoxy groups -OCH3 is 1. The maximum atomic E-state index is 12.1. The molecule has 5 heteroatoms. The Hall–Kier alpha value is -2.56. The summed E-state index contributed by atoms with van der Waals surface area (Å²) in [6.45, 7) is 6.20. The van der Waals surface area contributed by atoms with Crippen molar-refractivity contribution < 1.29 is 9.53 Å². The van der Waals surface area contributed by atoms with Crippen LogP contribution in [0.3, 0.4) is 0 Å². The van der Waals surface area contributed by atoms with Gasteiger partial charge < -0.3 is 15.4 Å². The van der Waals surface area contributed by atoms with E-state index in [0.717, 1.165) is 11.4 Å². The van der Waals surface area contributed by atoms with Crippen LogP contribution in [0.25, 0.3) is 0 Å². The molecule has 0 unspecified atom stereocenters. The van der Waals surface area contributed by atoms with Gasteiger partial charge in [0.25, 0.3) is 5.91 Å². The molecule has 0 aliphatic carbocycles. The molecular weight excluding hydrogens is 278 g/mol. The number of carbonyl (C=O) groups excluding carboxylic acids is 1. The number of nitrogens with zero attached hydrogens (tertiary/aromatic N) is 1. The first-order valence-electron chi connectivity index (χ1n) is 7.07. The van der Waals surface area contributed by atoms with E-state index in [9.17, 15) is 4.79 Å². The Kier molecular flexibility index (Phi) is 4.65. The van der Waals surface area contributed by atoms with Gasteiger partial charge in [0.2, 0.25) is 0 Å². The zero-order valence-electron chi connectivity index (χ0n) is 13.3. The number of aromatic nitrogens is 1. The van der Waals surface area contributed by atoms with Gasteiger partial charge in [-0.1, -0.05) is 0 Å². The summed E-state index contributed by atoms with van der Waals surface area (Å²) >= 11 is 0. The van der Waals surface area contributed by atoms with Crippen LogP contribution in [0.1, 0.15) is 31.3 Å². The molecule has 0 saturated heterocycles. The van der Waals surface area contributed by atoms with E-state index in [4.69, 9.17) is 4.74 Å². The van der Waals surface area contributed by atoms with E-state index in [2.05, 4.69) is 36.4 Å². The van der Waals surface area contributed by atoms with E-state index in [0.29, 0.717) is 11.4 Å².